The van der Waals surface area contributed by atoms with Gasteiger partial charge in [0, 0.05) is 17.2 Å². The number of carbonyl (C=O) groups excluding carboxylic acids is 1. The predicted octanol–water partition coefficient (Wildman–Crippen LogP) is 3.36. The monoisotopic (exact) mass is 365 g/mol. The molecular weight excluding hydrogens is 346 g/mol. The maximum absolute atomic E-state index is 12.3. The third kappa shape index (κ3) is 3.89. The summed E-state index contributed by atoms with van der Waals surface area (Å²) in [6, 6.07) is 12.4. The van der Waals surface area contributed by atoms with E-state index in [0.29, 0.717) is 34.3 Å². The Morgan fingerprint density at radius 1 is 1.11 bits per heavy atom. The number of carbonyl (C=O) groups is 2. The lowest BCUT2D eigenvalue weighted by Crippen LogP contribution is -2.40. The lowest BCUT2D eigenvalue weighted by atomic mass is 10.1. The molecule has 0 spiro atoms. The van der Waals surface area contributed by atoms with Crippen LogP contribution in [0.2, 0.25) is 0 Å². The first kappa shape index (κ1) is 18.4. The summed E-state index contributed by atoms with van der Waals surface area (Å²) in [5.41, 5.74) is 2.32. The minimum absolute atomic E-state index is 0.135. The summed E-state index contributed by atoms with van der Waals surface area (Å²) < 4.78 is 5.82. The molecule has 1 unspecified atom stereocenters. The van der Waals surface area contributed by atoms with Crippen LogP contribution in [-0.2, 0) is 4.79 Å². The zero-order valence-corrected chi connectivity index (χ0v) is 15.0. The summed E-state index contributed by atoms with van der Waals surface area (Å²) in [5, 5.41) is 12.0. The molecule has 0 fully saturated rings. The smallest absolute Gasteiger partial charge is 0.326 e. The van der Waals surface area contributed by atoms with Gasteiger partial charge >= 0.3 is 5.97 Å². The maximum Gasteiger partial charge on any atom is 0.326 e. The number of carboxylic acids is 1. The average molecular weight is 365 g/mol. The normalized spacial score (nSPS) is 11.9. The molecule has 1 amide bonds. The van der Waals surface area contributed by atoms with Gasteiger partial charge in [0.15, 0.2) is 5.43 Å². The van der Waals surface area contributed by atoms with Crippen molar-refractivity contribution in [2.45, 2.75) is 26.3 Å². The van der Waals surface area contributed by atoms with E-state index in [1.807, 2.05) is 13.0 Å². The molecule has 0 bridgehead atoms. The molecule has 138 valence electrons. The van der Waals surface area contributed by atoms with Crippen LogP contribution in [0.1, 0.15) is 29.3 Å². The summed E-state index contributed by atoms with van der Waals surface area (Å²) >= 11 is 0. The van der Waals surface area contributed by atoms with Crippen molar-refractivity contribution in [2.24, 2.45) is 0 Å². The van der Waals surface area contributed by atoms with E-state index in [0.717, 1.165) is 5.56 Å². The number of hydrogen-bond donors (Lipinski definition) is 2. The van der Waals surface area contributed by atoms with Crippen molar-refractivity contribution in [1.29, 1.82) is 0 Å². The number of benzene rings is 2. The molecule has 3 rings (SSSR count). The van der Waals surface area contributed by atoms with E-state index in [1.165, 1.54) is 6.07 Å². The summed E-state index contributed by atoms with van der Waals surface area (Å²) in [4.78, 5) is 35.6. The fraction of sp³-hybridized carbons (Fsp3) is 0.190. The molecular formula is C21H19NO5. The Bertz CT molecular complexity index is 1070. The molecule has 27 heavy (non-hydrogen) atoms. The highest BCUT2D eigenvalue weighted by Crippen LogP contribution is 2.23. The number of nitrogens with one attached hydrogen (secondary N) is 1. The second-order valence-electron chi connectivity index (χ2n) is 6.32. The van der Waals surface area contributed by atoms with Crippen LogP contribution in [0.4, 0.5) is 0 Å². The van der Waals surface area contributed by atoms with Crippen molar-refractivity contribution >= 4 is 22.8 Å². The Labute approximate surface area is 155 Å². The lowest BCUT2D eigenvalue weighted by Gasteiger charge is -2.12. The van der Waals surface area contributed by atoms with Crippen molar-refractivity contribution in [3.8, 4) is 11.3 Å². The van der Waals surface area contributed by atoms with Crippen molar-refractivity contribution in [3.63, 3.8) is 0 Å². The van der Waals surface area contributed by atoms with E-state index in [2.05, 4.69) is 5.32 Å². The van der Waals surface area contributed by atoms with E-state index in [9.17, 15) is 14.4 Å². The van der Waals surface area contributed by atoms with E-state index in [-0.39, 0.29) is 5.43 Å². The molecule has 2 N–H and O–H groups in total. The van der Waals surface area contributed by atoms with Gasteiger partial charge in [0.1, 0.15) is 17.4 Å². The van der Waals surface area contributed by atoms with Gasteiger partial charge in [-0.2, -0.15) is 0 Å². The highest BCUT2D eigenvalue weighted by Gasteiger charge is 2.18. The SMILES string of the molecule is CCC(NC(=O)c1ccc(-c2cc(=O)c3cc(C)ccc3o2)cc1)C(=O)O. The van der Waals surface area contributed by atoms with Gasteiger partial charge in [-0.3, -0.25) is 9.59 Å². The van der Waals surface area contributed by atoms with Crippen LogP contribution in [0.3, 0.4) is 0 Å². The zero-order valence-electron chi connectivity index (χ0n) is 15.0. The quantitative estimate of drug-likeness (QED) is 0.723. The average Bonchev–Trinajstić information content (AvgIpc) is 2.66. The molecule has 1 heterocycles. The van der Waals surface area contributed by atoms with Gasteiger partial charge in [0.2, 0.25) is 0 Å². The van der Waals surface area contributed by atoms with E-state index >= 15 is 0 Å². The van der Waals surface area contributed by atoms with Crippen LogP contribution in [0, 0.1) is 6.92 Å². The summed E-state index contributed by atoms with van der Waals surface area (Å²) in [5.74, 6) is -1.14. The highest BCUT2D eigenvalue weighted by atomic mass is 16.4. The maximum atomic E-state index is 12.3. The largest absolute Gasteiger partial charge is 0.480 e. The number of aryl methyl sites for hydroxylation is 1. The minimum atomic E-state index is -1.07. The fourth-order valence-corrected chi connectivity index (χ4v) is 2.78. The van der Waals surface area contributed by atoms with Crippen LogP contribution in [0.15, 0.2) is 57.7 Å². The third-order valence-electron chi connectivity index (χ3n) is 4.33. The van der Waals surface area contributed by atoms with Crippen molar-refractivity contribution in [3.05, 3.63) is 69.9 Å². The summed E-state index contributed by atoms with van der Waals surface area (Å²) in [6.07, 6.45) is 0.293. The molecule has 2 aromatic carbocycles. The second kappa shape index (κ2) is 7.45. The Morgan fingerprint density at radius 2 is 1.81 bits per heavy atom. The number of fused-ring (bicyclic) bond motifs is 1. The van der Waals surface area contributed by atoms with Gasteiger partial charge in [-0.15, -0.1) is 0 Å². The summed E-state index contributed by atoms with van der Waals surface area (Å²) in [7, 11) is 0. The lowest BCUT2D eigenvalue weighted by molar-refractivity contribution is -0.139. The van der Waals surface area contributed by atoms with Gasteiger partial charge < -0.3 is 14.8 Å². The Hall–Kier alpha value is -3.41. The predicted molar refractivity (Wildman–Crippen MR) is 102 cm³/mol. The van der Waals surface area contributed by atoms with E-state index in [1.54, 1.807) is 43.3 Å². The van der Waals surface area contributed by atoms with Gasteiger partial charge in [0.25, 0.3) is 5.91 Å². The molecule has 1 atom stereocenters. The molecule has 3 aromatic rings. The van der Waals surface area contributed by atoms with Crippen LogP contribution in [0.25, 0.3) is 22.3 Å². The highest BCUT2D eigenvalue weighted by molar-refractivity contribution is 5.97. The third-order valence-corrected chi connectivity index (χ3v) is 4.33. The number of rotatable bonds is 5. The molecule has 6 heteroatoms. The van der Waals surface area contributed by atoms with Crippen molar-refractivity contribution in [2.75, 3.05) is 0 Å². The van der Waals surface area contributed by atoms with Gasteiger partial charge in [-0.1, -0.05) is 30.7 Å². The standard InChI is InChI=1S/C21H19NO5/c1-3-16(21(25)26)22-20(24)14-7-5-13(6-8-14)19-11-17(23)15-10-12(2)4-9-18(15)27-19/h4-11,16H,3H2,1-2H3,(H,22,24)(H,25,26). The number of amides is 1. The molecule has 0 saturated carbocycles. The van der Waals surface area contributed by atoms with Crippen LogP contribution < -0.4 is 10.7 Å². The molecule has 0 radical (unpaired) electrons. The van der Waals surface area contributed by atoms with E-state index < -0.39 is 17.9 Å². The van der Waals surface area contributed by atoms with Crippen molar-refractivity contribution in [1.82, 2.24) is 5.32 Å². The first-order valence-electron chi connectivity index (χ1n) is 8.57. The minimum Gasteiger partial charge on any atom is -0.480 e. The van der Waals surface area contributed by atoms with Crippen LogP contribution >= 0.6 is 0 Å². The summed E-state index contributed by atoms with van der Waals surface area (Å²) in [6.45, 7) is 3.59. The Morgan fingerprint density at radius 3 is 2.44 bits per heavy atom. The molecule has 0 aliphatic heterocycles. The fourth-order valence-electron chi connectivity index (χ4n) is 2.78. The molecule has 6 nitrogen and oxygen atoms in total. The molecule has 1 aromatic heterocycles. The molecule has 0 saturated heterocycles. The first-order valence-corrected chi connectivity index (χ1v) is 8.57. The van der Waals surface area contributed by atoms with E-state index in [4.69, 9.17) is 9.52 Å². The topological polar surface area (TPSA) is 96.6 Å². The number of hydrogen-bond acceptors (Lipinski definition) is 4. The van der Waals surface area contributed by atoms with Gasteiger partial charge in [-0.05, 0) is 37.6 Å². The zero-order chi connectivity index (χ0) is 19.6. The van der Waals surface area contributed by atoms with Gasteiger partial charge in [0.05, 0.1) is 5.39 Å². The van der Waals surface area contributed by atoms with Crippen molar-refractivity contribution < 1.29 is 19.1 Å². The Balaban J connectivity index is 1.88. The Kier molecular flexibility index (Phi) is 5.07. The van der Waals surface area contributed by atoms with Crippen LogP contribution in [0.5, 0.6) is 0 Å². The van der Waals surface area contributed by atoms with Gasteiger partial charge in [-0.25, -0.2) is 4.79 Å². The number of carboxylic acid groups (broad SMARTS) is 1. The molecule has 0 aliphatic carbocycles. The second-order valence-corrected chi connectivity index (χ2v) is 6.32. The number of aliphatic carboxylic acids is 1. The molecule has 0 aliphatic rings. The van der Waals surface area contributed by atoms with Crippen LogP contribution in [-0.4, -0.2) is 23.0 Å². The first-order chi connectivity index (χ1) is 12.9.